The normalized spacial score (nSPS) is 11.8. The molecule has 2 rings (SSSR count). The highest BCUT2D eigenvalue weighted by molar-refractivity contribution is 5.75. The Morgan fingerprint density at radius 3 is 2.67 bits per heavy atom. The van der Waals surface area contributed by atoms with Gasteiger partial charge in [0.05, 0.1) is 0 Å². The molecule has 0 fully saturated rings. The molecular formula is C13H18N4O. The van der Waals surface area contributed by atoms with E-state index in [2.05, 4.69) is 15.3 Å². The fourth-order valence-corrected chi connectivity index (χ4v) is 1.77. The van der Waals surface area contributed by atoms with Gasteiger partial charge in [0.2, 0.25) is 5.95 Å². The van der Waals surface area contributed by atoms with Crippen LogP contribution in [0.25, 0.3) is 11.0 Å². The van der Waals surface area contributed by atoms with E-state index in [4.69, 9.17) is 0 Å². The number of aryl methyl sites for hydroxylation is 1. The first-order valence-corrected chi connectivity index (χ1v) is 6.05. The van der Waals surface area contributed by atoms with Crippen molar-refractivity contribution in [2.24, 2.45) is 0 Å². The highest BCUT2D eigenvalue weighted by atomic mass is 16.1. The molecule has 96 valence electrons. The van der Waals surface area contributed by atoms with Crippen LogP contribution >= 0.6 is 0 Å². The van der Waals surface area contributed by atoms with Gasteiger partial charge in [-0.15, -0.1) is 0 Å². The minimum absolute atomic E-state index is 0.0367. The highest BCUT2D eigenvalue weighted by Gasteiger charge is 2.12. The lowest BCUT2D eigenvalue weighted by molar-refractivity contribution is 0.625. The van der Waals surface area contributed by atoms with Crippen molar-refractivity contribution >= 4 is 17.0 Å². The number of pyridine rings is 1. The van der Waals surface area contributed by atoms with Crippen molar-refractivity contribution in [1.29, 1.82) is 0 Å². The van der Waals surface area contributed by atoms with Crippen LogP contribution in [-0.2, 0) is 6.54 Å². The van der Waals surface area contributed by atoms with Gasteiger partial charge < -0.3 is 5.32 Å². The Bertz CT molecular complexity index is 625. The van der Waals surface area contributed by atoms with Crippen molar-refractivity contribution in [3.63, 3.8) is 0 Å². The lowest BCUT2D eigenvalue weighted by atomic mass is 10.1. The van der Waals surface area contributed by atoms with Crippen LogP contribution in [0.3, 0.4) is 0 Å². The van der Waals surface area contributed by atoms with Crippen molar-refractivity contribution in [2.75, 3.05) is 5.32 Å². The Labute approximate surface area is 106 Å². The lowest BCUT2D eigenvalue weighted by Gasteiger charge is -2.20. The lowest BCUT2D eigenvalue weighted by Crippen LogP contribution is -2.28. The maximum Gasteiger partial charge on any atom is 0.252 e. The number of anilines is 1. The molecule has 0 aliphatic carbocycles. The molecule has 0 aromatic carbocycles. The molecule has 18 heavy (non-hydrogen) atoms. The van der Waals surface area contributed by atoms with Gasteiger partial charge in [0.15, 0.2) is 0 Å². The number of nitrogens with one attached hydrogen (secondary N) is 1. The summed E-state index contributed by atoms with van der Waals surface area (Å²) < 4.78 is 1.64. The smallest absolute Gasteiger partial charge is 0.252 e. The quantitative estimate of drug-likeness (QED) is 0.880. The Hall–Kier alpha value is -1.91. The van der Waals surface area contributed by atoms with Gasteiger partial charge in [-0.25, -0.2) is 4.98 Å². The molecule has 0 atom stereocenters. The molecule has 5 nitrogen and oxygen atoms in total. The molecule has 0 aliphatic heterocycles. The van der Waals surface area contributed by atoms with E-state index >= 15 is 0 Å². The van der Waals surface area contributed by atoms with Crippen molar-refractivity contribution in [2.45, 2.75) is 39.8 Å². The van der Waals surface area contributed by atoms with Gasteiger partial charge in [0.1, 0.15) is 5.65 Å². The van der Waals surface area contributed by atoms with E-state index in [-0.39, 0.29) is 11.1 Å². The second kappa shape index (κ2) is 4.40. The maximum atomic E-state index is 11.7. The zero-order chi connectivity index (χ0) is 13.3. The van der Waals surface area contributed by atoms with Crippen LogP contribution in [0, 0.1) is 0 Å². The Balaban J connectivity index is 2.59. The predicted molar refractivity (Wildman–Crippen MR) is 72.8 cm³/mol. The molecule has 2 aromatic rings. The van der Waals surface area contributed by atoms with Gasteiger partial charge in [-0.2, -0.15) is 4.98 Å². The molecule has 2 aromatic heterocycles. The number of rotatable bonds is 2. The van der Waals surface area contributed by atoms with Crippen molar-refractivity contribution in [3.8, 4) is 0 Å². The monoisotopic (exact) mass is 246 g/mol. The molecule has 5 heteroatoms. The predicted octanol–water partition coefficient (Wildman–Crippen LogP) is 2.02. The van der Waals surface area contributed by atoms with Crippen LogP contribution in [0.4, 0.5) is 5.95 Å². The first-order valence-electron chi connectivity index (χ1n) is 6.05. The van der Waals surface area contributed by atoms with Gasteiger partial charge in [-0.1, -0.05) is 0 Å². The third kappa shape index (κ3) is 2.50. The Kier molecular flexibility index (Phi) is 3.07. The minimum atomic E-state index is -0.111. The van der Waals surface area contributed by atoms with E-state index in [1.54, 1.807) is 22.9 Å². The van der Waals surface area contributed by atoms with E-state index in [0.29, 0.717) is 18.1 Å². The standard InChI is InChI=1S/C13H18N4O/c1-5-17-10(18)7-6-9-8-14-12(15-11(9)17)16-13(2,3)4/h6-8H,5H2,1-4H3,(H,14,15,16). The van der Waals surface area contributed by atoms with E-state index < -0.39 is 0 Å². The van der Waals surface area contributed by atoms with Crippen molar-refractivity contribution in [1.82, 2.24) is 14.5 Å². The number of fused-ring (bicyclic) bond motifs is 1. The number of hydrogen-bond acceptors (Lipinski definition) is 4. The summed E-state index contributed by atoms with van der Waals surface area (Å²) in [5.41, 5.74) is 0.525. The second-order valence-electron chi connectivity index (χ2n) is 5.26. The first-order chi connectivity index (χ1) is 8.40. The SMILES string of the molecule is CCn1c(=O)ccc2cnc(NC(C)(C)C)nc21. The van der Waals surface area contributed by atoms with Crippen LogP contribution in [0.2, 0.25) is 0 Å². The second-order valence-corrected chi connectivity index (χ2v) is 5.26. The zero-order valence-electron chi connectivity index (χ0n) is 11.2. The molecule has 0 bridgehead atoms. The molecule has 0 amide bonds. The molecule has 1 N–H and O–H groups in total. The third-order valence-corrected chi connectivity index (χ3v) is 2.53. The largest absolute Gasteiger partial charge is 0.350 e. The summed E-state index contributed by atoms with van der Waals surface area (Å²) in [5, 5.41) is 4.08. The van der Waals surface area contributed by atoms with Crippen LogP contribution in [0.1, 0.15) is 27.7 Å². The van der Waals surface area contributed by atoms with Gasteiger partial charge in [-0.3, -0.25) is 9.36 Å². The van der Waals surface area contributed by atoms with Gasteiger partial charge in [0.25, 0.3) is 5.56 Å². The van der Waals surface area contributed by atoms with E-state index in [9.17, 15) is 4.79 Å². The average molecular weight is 246 g/mol. The zero-order valence-corrected chi connectivity index (χ0v) is 11.2. The summed E-state index contributed by atoms with van der Waals surface area (Å²) in [6, 6.07) is 3.30. The summed E-state index contributed by atoms with van der Waals surface area (Å²) in [6.45, 7) is 8.65. The number of hydrogen-bond donors (Lipinski definition) is 1. The van der Waals surface area contributed by atoms with Crippen LogP contribution in [0.15, 0.2) is 23.1 Å². The van der Waals surface area contributed by atoms with Crippen molar-refractivity contribution in [3.05, 3.63) is 28.7 Å². The molecular weight excluding hydrogens is 228 g/mol. The minimum Gasteiger partial charge on any atom is -0.350 e. The molecule has 2 heterocycles. The van der Waals surface area contributed by atoms with E-state index in [0.717, 1.165) is 5.39 Å². The molecule has 0 saturated heterocycles. The first kappa shape index (κ1) is 12.5. The topological polar surface area (TPSA) is 59.8 Å². The van der Waals surface area contributed by atoms with Gasteiger partial charge in [-0.05, 0) is 33.8 Å². The fourth-order valence-electron chi connectivity index (χ4n) is 1.77. The number of nitrogens with zero attached hydrogens (tertiary/aromatic N) is 3. The summed E-state index contributed by atoms with van der Waals surface area (Å²) in [6.07, 6.45) is 1.74. The van der Waals surface area contributed by atoms with E-state index in [1.165, 1.54) is 0 Å². The van der Waals surface area contributed by atoms with E-state index in [1.807, 2.05) is 27.7 Å². The summed E-state index contributed by atoms with van der Waals surface area (Å²) in [4.78, 5) is 20.4. The summed E-state index contributed by atoms with van der Waals surface area (Å²) in [5.74, 6) is 0.544. The van der Waals surface area contributed by atoms with Crippen LogP contribution < -0.4 is 10.9 Å². The summed E-state index contributed by atoms with van der Waals surface area (Å²) in [7, 11) is 0. The van der Waals surface area contributed by atoms with Crippen molar-refractivity contribution < 1.29 is 0 Å². The average Bonchev–Trinajstić information content (AvgIpc) is 2.26. The Morgan fingerprint density at radius 2 is 2.06 bits per heavy atom. The molecule has 0 spiro atoms. The molecule has 0 unspecified atom stereocenters. The number of aromatic nitrogens is 3. The maximum absolute atomic E-state index is 11.7. The van der Waals surface area contributed by atoms with Gasteiger partial charge >= 0.3 is 0 Å². The van der Waals surface area contributed by atoms with Crippen LogP contribution in [-0.4, -0.2) is 20.1 Å². The highest BCUT2D eigenvalue weighted by Crippen LogP contribution is 2.14. The molecule has 0 radical (unpaired) electrons. The van der Waals surface area contributed by atoms with Crippen LogP contribution in [0.5, 0.6) is 0 Å². The summed E-state index contributed by atoms with van der Waals surface area (Å²) >= 11 is 0. The Morgan fingerprint density at radius 1 is 1.33 bits per heavy atom. The third-order valence-electron chi connectivity index (χ3n) is 2.53. The van der Waals surface area contributed by atoms with Gasteiger partial charge in [0, 0.05) is 29.7 Å². The fraction of sp³-hybridized carbons (Fsp3) is 0.462. The molecule has 0 aliphatic rings. The molecule has 0 saturated carbocycles.